The zero-order valence-corrected chi connectivity index (χ0v) is 8.03. The van der Waals surface area contributed by atoms with Crippen molar-refractivity contribution in [2.45, 2.75) is 44.8 Å². The van der Waals surface area contributed by atoms with Crippen molar-refractivity contribution < 1.29 is 0 Å². The fraction of sp³-hybridized carbons (Fsp3) is 1.00. The van der Waals surface area contributed by atoms with Crippen LogP contribution in [-0.2, 0) is 0 Å². The number of piperazine rings is 1. The summed E-state index contributed by atoms with van der Waals surface area (Å²) in [4.78, 5) is 4.63. The summed E-state index contributed by atoms with van der Waals surface area (Å²) in [6, 6.07) is 1.94. The molecule has 2 bridgehead atoms. The molecule has 2 aliphatic heterocycles. The predicted molar refractivity (Wildman–Crippen MR) is 51.1 cm³/mol. The lowest BCUT2D eigenvalue weighted by molar-refractivity contribution is 0.105. The summed E-state index contributed by atoms with van der Waals surface area (Å²) in [5.74, 6) is 0. The normalized spacial score (nSPS) is 37.9. The largest absolute Gasteiger partial charge is 0.346 e. The second-order valence-corrected chi connectivity index (χ2v) is 4.38. The van der Waals surface area contributed by atoms with Crippen molar-refractivity contribution in [3.05, 3.63) is 0 Å². The molecular weight excluding hydrogens is 147 g/mol. The standard InChI is InChI=1S/C9H17BN2/c1-7(2)11-5-8-3-4-9(6-11)12(8)10/h7-9H,3-6H2,1-2H3. The highest BCUT2D eigenvalue weighted by atomic mass is 15.3. The maximum atomic E-state index is 5.95. The molecule has 2 aliphatic rings. The molecule has 0 aromatic rings. The molecule has 2 unspecified atom stereocenters. The fourth-order valence-corrected chi connectivity index (χ4v) is 2.39. The van der Waals surface area contributed by atoms with Crippen LogP contribution in [-0.4, -0.2) is 48.9 Å². The third-order valence-electron chi connectivity index (χ3n) is 3.30. The van der Waals surface area contributed by atoms with Gasteiger partial charge in [-0.15, -0.1) is 0 Å². The van der Waals surface area contributed by atoms with Crippen LogP contribution in [0.5, 0.6) is 0 Å². The Balaban J connectivity index is 2.02. The Bertz CT molecular complexity index is 158. The first-order valence-electron chi connectivity index (χ1n) is 4.95. The van der Waals surface area contributed by atoms with E-state index >= 15 is 0 Å². The summed E-state index contributed by atoms with van der Waals surface area (Å²) in [6.45, 7) is 6.88. The molecule has 2 saturated heterocycles. The number of fused-ring (bicyclic) bond motifs is 2. The van der Waals surface area contributed by atoms with Gasteiger partial charge < -0.3 is 4.81 Å². The van der Waals surface area contributed by atoms with E-state index in [2.05, 4.69) is 23.6 Å². The topological polar surface area (TPSA) is 6.48 Å². The van der Waals surface area contributed by atoms with Crippen LogP contribution >= 0.6 is 0 Å². The van der Waals surface area contributed by atoms with Crippen molar-refractivity contribution in [1.29, 1.82) is 0 Å². The van der Waals surface area contributed by atoms with Crippen molar-refractivity contribution >= 4 is 7.98 Å². The molecule has 66 valence electrons. The van der Waals surface area contributed by atoms with Gasteiger partial charge in [0.25, 0.3) is 0 Å². The average Bonchev–Trinajstić information content (AvgIpc) is 2.30. The third-order valence-corrected chi connectivity index (χ3v) is 3.30. The first-order valence-corrected chi connectivity index (χ1v) is 4.95. The molecule has 0 aromatic carbocycles. The Morgan fingerprint density at radius 1 is 1.17 bits per heavy atom. The van der Waals surface area contributed by atoms with Crippen LogP contribution in [0.3, 0.4) is 0 Å². The van der Waals surface area contributed by atoms with Crippen molar-refractivity contribution in [2.75, 3.05) is 13.1 Å². The van der Waals surface area contributed by atoms with E-state index in [1.807, 2.05) is 0 Å². The van der Waals surface area contributed by atoms with Crippen LogP contribution in [0.15, 0.2) is 0 Å². The van der Waals surface area contributed by atoms with Crippen molar-refractivity contribution in [1.82, 2.24) is 9.71 Å². The molecule has 2 radical (unpaired) electrons. The molecule has 12 heavy (non-hydrogen) atoms. The number of hydrogen-bond acceptors (Lipinski definition) is 2. The lowest BCUT2D eigenvalue weighted by atomic mass is 10.1. The molecule has 2 nitrogen and oxygen atoms in total. The average molecular weight is 164 g/mol. The molecule has 0 saturated carbocycles. The predicted octanol–water partition coefficient (Wildman–Crippen LogP) is 0.627. The van der Waals surface area contributed by atoms with Crippen molar-refractivity contribution in [2.24, 2.45) is 0 Å². The minimum Gasteiger partial charge on any atom is -0.346 e. The lowest BCUT2D eigenvalue weighted by Crippen LogP contribution is -2.54. The molecule has 0 N–H and O–H groups in total. The summed E-state index contributed by atoms with van der Waals surface area (Å²) in [7, 11) is 5.95. The van der Waals surface area contributed by atoms with E-state index in [1.54, 1.807) is 0 Å². The van der Waals surface area contributed by atoms with Crippen LogP contribution in [0.2, 0.25) is 0 Å². The Morgan fingerprint density at radius 2 is 1.67 bits per heavy atom. The van der Waals surface area contributed by atoms with E-state index in [0.29, 0.717) is 18.1 Å². The Hall–Kier alpha value is -0.0151. The van der Waals surface area contributed by atoms with Crippen LogP contribution in [0.1, 0.15) is 26.7 Å². The summed E-state index contributed by atoms with van der Waals surface area (Å²) in [5, 5.41) is 0. The molecule has 2 heterocycles. The molecule has 0 aliphatic carbocycles. The highest BCUT2D eigenvalue weighted by Crippen LogP contribution is 2.28. The summed E-state index contributed by atoms with van der Waals surface area (Å²) in [5.41, 5.74) is 0. The number of hydrogen-bond donors (Lipinski definition) is 0. The van der Waals surface area contributed by atoms with E-state index in [9.17, 15) is 0 Å². The van der Waals surface area contributed by atoms with Gasteiger partial charge in [0, 0.05) is 31.2 Å². The molecular formula is C9H17BN2. The van der Waals surface area contributed by atoms with Crippen LogP contribution in [0, 0.1) is 0 Å². The second-order valence-electron chi connectivity index (χ2n) is 4.38. The smallest absolute Gasteiger partial charge is 0.183 e. The molecule has 3 heteroatoms. The van der Waals surface area contributed by atoms with Gasteiger partial charge in [0.15, 0.2) is 7.98 Å². The second kappa shape index (κ2) is 3.04. The SMILES string of the molecule is [B]N1C2CCC1CN(C(C)C)C2. The Morgan fingerprint density at radius 3 is 2.08 bits per heavy atom. The number of rotatable bonds is 1. The number of likely N-dealkylation sites (tertiary alicyclic amines) is 1. The van der Waals surface area contributed by atoms with Crippen molar-refractivity contribution in [3.8, 4) is 0 Å². The maximum absolute atomic E-state index is 5.95. The lowest BCUT2D eigenvalue weighted by Gasteiger charge is -2.41. The molecule has 0 aromatic heterocycles. The Labute approximate surface area is 76.3 Å². The van der Waals surface area contributed by atoms with E-state index in [4.69, 9.17) is 7.98 Å². The monoisotopic (exact) mass is 164 g/mol. The van der Waals surface area contributed by atoms with Gasteiger partial charge in [0.05, 0.1) is 0 Å². The molecule has 2 fully saturated rings. The highest BCUT2D eigenvalue weighted by molar-refractivity contribution is 6.05. The van der Waals surface area contributed by atoms with Crippen molar-refractivity contribution in [3.63, 3.8) is 0 Å². The van der Waals surface area contributed by atoms with Gasteiger partial charge in [-0.3, -0.25) is 4.90 Å². The summed E-state index contributed by atoms with van der Waals surface area (Å²) >= 11 is 0. The molecule has 0 spiro atoms. The molecule has 2 atom stereocenters. The Kier molecular flexibility index (Phi) is 2.17. The van der Waals surface area contributed by atoms with E-state index in [-0.39, 0.29) is 0 Å². The van der Waals surface area contributed by atoms with Gasteiger partial charge in [-0.25, -0.2) is 0 Å². The van der Waals surface area contributed by atoms with E-state index in [1.165, 1.54) is 25.9 Å². The van der Waals surface area contributed by atoms with Gasteiger partial charge in [-0.2, -0.15) is 0 Å². The van der Waals surface area contributed by atoms with Gasteiger partial charge in [-0.05, 0) is 26.7 Å². The van der Waals surface area contributed by atoms with E-state index < -0.39 is 0 Å². The molecule has 0 amide bonds. The summed E-state index contributed by atoms with van der Waals surface area (Å²) in [6.07, 6.45) is 2.59. The zero-order valence-electron chi connectivity index (χ0n) is 8.03. The first-order chi connectivity index (χ1) is 5.68. The van der Waals surface area contributed by atoms with Crippen LogP contribution in [0.25, 0.3) is 0 Å². The third kappa shape index (κ3) is 1.29. The zero-order chi connectivity index (χ0) is 8.72. The van der Waals surface area contributed by atoms with Gasteiger partial charge in [-0.1, -0.05) is 0 Å². The van der Waals surface area contributed by atoms with Gasteiger partial charge in [0.2, 0.25) is 0 Å². The minimum atomic E-state index is 0.631. The fourth-order valence-electron chi connectivity index (χ4n) is 2.39. The van der Waals surface area contributed by atoms with Gasteiger partial charge >= 0.3 is 0 Å². The van der Waals surface area contributed by atoms with Gasteiger partial charge in [0.1, 0.15) is 0 Å². The minimum absolute atomic E-state index is 0.631. The highest BCUT2D eigenvalue weighted by Gasteiger charge is 2.37. The quantitative estimate of drug-likeness (QED) is 0.524. The molecule has 2 rings (SSSR count). The summed E-state index contributed by atoms with van der Waals surface area (Å²) < 4.78 is 0. The van der Waals surface area contributed by atoms with E-state index in [0.717, 1.165) is 0 Å². The van der Waals surface area contributed by atoms with Crippen LogP contribution in [0.4, 0.5) is 0 Å². The number of nitrogens with zero attached hydrogens (tertiary/aromatic N) is 2. The maximum Gasteiger partial charge on any atom is 0.183 e. The van der Waals surface area contributed by atoms with Crippen LogP contribution < -0.4 is 0 Å². The first kappa shape index (κ1) is 8.58.